The Balaban J connectivity index is 1.52. The van der Waals surface area contributed by atoms with Gasteiger partial charge in [-0.25, -0.2) is 14.1 Å². The zero-order valence-electron chi connectivity index (χ0n) is 27.2. The van der Waals surface area contributed by atoms with Gasteiger partial charge >= 0.3 is 0 Å². The summed E-state index contributed by atoms with van der Waals surface area (Å²) >= 11 is 0. The number of aromatic nitrogens is 3. The molecule has 0 unspecified atom stereocenters. The zero-order valence-corrected chi connectivity index (χ0v) is 27.2. The van der Waals surface area contributed by atoms with Crippen LogP contribution in [0.5, 0.6) is 0 Å². The highest BCUT2D eigenvalue weighted by Gasteiger charge is 2.49. The number of ketones is 1. The number of aliphatic hydroxyl groups is 1. The van der Waals surface area contributed by atoms with E-state index in [0.717, 1.165) is 44.2 Å². The van der Waals surface area contributed by atoms with Crippen LogP contribution in [-0.2, 0) is 29.5 Å². The molecule has 258 valence electrons. The lowest BCUT2D eigenvalue weighted by atomic mass is 9.84. The van der Waals surface area contributed by atoms with Crippen molar-refractivity contribution in [3.63, 3.8) is 0 Å². The summed E-state index contributed by atoms with van der Waals surface area (Å²) in [5, 5.41) is 21.6. The van der Waals surface area contributed by atoms with Gasteiger partial charge in [-0.3, -0.25) is 24.0 Å². The van der Waals surface area contributed by atoms with E-state index in [9.17, 15) is 33.5 Å². The van der Waals surface area contributed by atoms with E-state index in [4.69, 9.17) is 10.5 Å². The number of benzene rings is 1. The second kappa shape index (κ2) is 14.4. The van der Waals surface area contributed by atoms with Crippen LogP contribution in [0.1, 0.15) is 93.7 Å². The van der Waals surface area contributed by atoms with Gasteiger partial charge in [0.25, 0.3) is 17.7 Å². The fourth-order valence-corrected chi connectivity index (χ4v) is 6.89. The van der Waals surface area contributed by atoms with E-state index >= 15 is 0 Å². The van der Waals surface area contributed by atoms with Gasteiger partial charge in [-0.2, -0.15) is 0 Å². The van der Waals surface area contributed by atoms with Crippen molar-refractivity contribution in [2.24, 2.45) is 16.6 Å². The monoisotopic (exact) mass is 667 g/mol. The summed E-state index contributed by atoms with van der Waals surface area (Å²) in [6.07, 6.45) is 6.34. The molecule has 0 radical (unpaired) electrons. The molecule has 2 saturated heterocycles. The van der Waals surface area contributed by atoms with Crippen LogP contribution in [0.15, 0.2) is 35.5 Å². The van der Waals surface area contributed by atoms with Crippen LogP contribution in [0.25, 0.3) is 0 Å². The summed E-state index contributed by atoms with van der Waals surface area (Å²) < 4.78 is 20.4. The van der Waals surface area contributed by atoms with Crippen LogP contribution in [-0.4, -0.2) is 91.5 Å². The molecular weight excluding hydrogens is 625 g/mol. The van der Waals surface area contributed by atoms with Crippen molar-refractivity contribution in [2.75, 3.05) is 19.8 Å². The second-order valence-electron chi connectivity index (χ2n) is 13.4. The largest absolute Gasteiger partial charge is 0.384 e. The number of carbonyl (C=O) groups is 5. The molecule has 1 aliphatic carbocycles. The molecule has 48 heavy (non-hydrogen) atoms. The minimum absolute atomic E-state index is 0.0110. The van der Waals surface area contributed by atoms with E-state index < -0.39 is 58.5 Å². The average Bonchev–Trinajstić information content (AvgIpc) is 3.73. The minimum atomic E-state index is -1.61. The lowest BCUT2D eigenvalue weighted by Gasteiger charge is -2.37. The Labute approximate surface area is 277 Å². The number of hydrogen-bond donors (Lipinski definition) is 3. The molecular formula is C33H42FN7O7. The Hall–Kier alpha value is -4.37. The van der Waals surface area contributed by atoms with Gasteiger partial charge in [0.1, 0.15) is 28.7 Å². The molecule has 1 aromatic heterocycles. The maximum absolute atomic E-state index is 14.5. The highest BCUT2D eigenvalue weighted by molar-refractivity contribution is 6.41. The smallest absolute Gasteiger partial charge is 0.287 e. The third-order valence-corrected chi connectivity index (χ3v) is 9.54. The summed E-state index contributed by atoms with van der Waals surface area (Å²) in [7, 11) is 0. The molecule has 2 atom stereocenters. The van der Waals surface area contributed by atoms with Crippen molar-refractivity contribution in [2.45, 2.75) is 94.9 Å². The van der Waals surface area contributed by atoms with Crippen LogP contribution < -0.4 is 11.1 Å². The number of Topliss-reactive ketones (excluding diaryl/α,β-unsaturated/α-hetero) is 1. The number of halogens is 1. The number of nitrogens with two attached hydrogens (primary N) is 1. The topological polar surface area (TPSA) is 199 Å². The summed E-state index contributed by atoms with van der Waals surface area (Å²) in [5.74, 6) is -4.67. The molecule has 4 N–H and O–H groups in total. The number of ether oxygens (including phenoxy) is 1. The SMILES string of the molecule is CC(C)(O)c1cnnn1[C@H]1C[C@@H](C(=O)NC2(C(=O)C(N)=O)CCOCC2)N(C(=O)/C(CC2CCCCC2)=N/C(=O)c2ccc(F)cc2)C1. The predicted molar refractivity (Wildman–Crippen MR) is 169 cm³/mol. The van der Waals surface area contributed by atoms with E-state index in [-0.39, 0.29) is 62.6 Å². The van der Waals surface area contributed by atoms with Crippen molar-refractivity contribution in [3.05, 3.63) is 47.5 Å². The molecule has 15 heteroatoms. The molecule has 2 aliphatic heterocycles. The molecule has 5 rings (SSSR count). The van der Waals surface area contributed by atoms with Crippen LogP contribution in [0.3, 0.4) is 0 Å². The Bertz CT molecular complexity index is 1570. The standard InChI is InChI=1S/C33H42FN7O7/c1-32(2,47)26-18-36-39-41(26)23-17-25(30(45)38-33(27(42)28(35)43)12-14-48-15-13-33)40(19-23)31(46)24(16-20-6-4-3-5-7-20)37-29(44)21-8-10-22(34)11-9-21/h8-11,18,20,23,25,47H,3-7,12-17,19H2,1-2H3,(H2,35,43)(H,38,45)/b37-24+/t23-,25-/m0/s1. The molecule has 3 aliphatic rings. The first-order chi connectivity index (χ1) is 22.8. The fraction of sp³-hybridized carbons (Fsp3) is 0.576. The molecule has 1 aromatic carbocycles. The average molecular weight is 668 g/mol. The van der Waals surface area contributed by atoms with Crippen LogP contribution in [0.2, 0.25) is 0 Å². The minimum Gasteiger partial charge on any atom is -0.384 e. The highest BCUT2D eigenvalue weighted by atomic mass is 19.1. The molecule has 14 nitrogen and oxygen atoms in total. The molecule has 1 saturated carbocycles. The maximum atomic E-state index is 14.5. The molecule has 2 aromatic rings. The number of hydrogen-bond acceptors (Lipinski definition) is 9. The van der Waals surface area contributed by atoms with Gasteiger partial charge in [0.2, 0.25) is 11.7 Å². The number of aliphatic imine (C=N–C) groups is 1. The molecule has 0 bridgehead atoms. The van der Waals surface area contributed by atoms with Crippen LogP contribution in [0.4, 0.5) is 4.39 Å². The first kappa shape index (κ1) is 35.0. The normalized spacial score (nSPS) is 21.9. The predicted octanol–water partition coefficient (Wildman–Crippen LogP) is 1.76. The van der Waals surface area contributed by atoms with Gasteiger partial charge in [-0.15, -0.1) is 5.10 Å². The number of carbonyl (C=O) groups excluding carboxylic acids is 5. The first-order valence-corrected chi connectivity index (χ1v) is 16.3. The van der Waals surface area contributed by atoms with Gasteiger partial charge in [0, 0.05) is 44.6 Å². The number of nitrogens with zero attached hydrogens (tertiary/aromatic N) is 5. The van der Waals surface area contributed by atoms with Gasteiger partial charge in [0.05, 0.1) is 17.9 Å². The highest BCUT2D eigenvalue weighted by Crippen LogP contribution is 2.34. The summed E-state index contributed by atoms with van der Waals surface area (Å²) in [5.41, 5.74) is 2.83. The number of likely N-dealkylation sites (tertiary alicyclic amines) is 1. The number of amides is 4. The Morgan fingerprint density at radius 1 is 1.10 bits per heavy atom. The quantitative estimate of drug-likeness (QED) is 0.250. The second-order valence-corrected chi connectivity index (χ2v) is 13.4. The zero-order chi connectivity index (χ0) is 34.6. The Morgan fingerprint density at radius 2 is 1.77 bits per heavy atom. The maximum Gasteiger partial charge on any atom is 0.287 e. The number of rotatable bonds is 10. The third kappa shape index (κ3) is 7.67. The van der Waals surface area contributed by atoms with Gasteiger partial charge in [-0.1, -0.05) is 37.3 Å². The lowest BCUT2D eigenvalue weighted by Crippen LogP contribution is -2.63. The van der Waals surface area contributed by atoms with E-state index in [2.05, 4.69) is 20.6 Å². The Kier molecular flexibility index (Phi) is 10.5. The summed E-state index contributed by atoms with van der Waals surface area (Å²) in [4.78, 5) is 72.6. The van der Waals surface area contributed by atoms with Crippen molar-refractivity contribution in [1.82, 2.24) is 25.2 Å². The summed E-state index contributed by atoms with van der Waals surface area (Å²) in [6.45, 7) is 3.27. The molecule has 0 spiro atoms. The third-order valence-electron chi connectivity index (χ3n) is 9.54. The van der Waals surface area contributed by atoms with Gasteiger partial charge in [-0.05, 0) is 50.5 Å². The van der Waals surface area contributed by atoms with Gasteiger partial charge < -0.3 is 25.8 Å². The fourth-order valence-electron chi connectivity index (χ4n) is 6.89. The Morgan fingerprint density at radius 3 is 2.40 bits per heavy atom. The van der Waals surface area contributed by atoms with Crippen LogP contribution in [0, 0.1) is 11.7 Å². The van der Waals surface area contributed by atoms with E-state index in [1.165, 1.54) is 27.9 Å². The summed E-state index contributed by atoms with van der Waals surface area (Å²) in [6, 6.07) is 3.04. The molecule has 3 heterocycles. The molecule has 4 amide bonds. The van der Waals surface area contributed by atoms with Crippen LogP contribution >= 0.6 is 0 Å². The van der Waals surface area contributed by atoms with Gasteiger partial charge in [0.15, 0.2) is 0 Å². The van der Waals surface area contributed by atoms with E-state index in [0.29, 0.717) is 5.69 Å². The van der Waals surface area contributed by atoms with E-state index in [1.807, 2.05) is 0 Å². The van der Waals surface area contributed by atoms with E-state index in [1.54, 1.807) is 13.8 Å². The van der Waals surface area contributed by atoms with Crippen molar-refractivity contribution in [1.29, 1.82) is 0 Å². The van der Waals surface area contributed by atoms with Crippen molar-refractivity contribution >= 4 is 35.1 Å². The number of nitrogens with one attached hydrogen (secondary N) is 1. The van der Waals surface area contributed by atoms with Crippen molar-refractivity contribution in [3.8, 4) is 0 Å². The number of primary amides is 1. The molecule has 3 fully saturated rings. The lowest BCUT2D eigenvalue weighted by molar-refractivity contribution is -0.146. The van der Waals surface area contributed by atoms with Crippen molar-refractivity contribution < 1.29 is 38.2 Å². The first-order valence-electron chi connectivity index (χ1n) is 16.3.